The predicted octanol–water partition coefficient (Wildman–Crippen LogP) is 4.05. The number of pyridine rings is 1. The summed E-state index contributed by atoms with van der Waals surface area (Å²) < 4.78 is 27.3. The molecule has 8 heteroatoms. The van der Waals surface area contributed by atoms with E-state index < -0.39 is 0 Å². The van der Waals surface area contributed by atoms with E-state index in [1.807, 2.05) is 30.3 Å². The van der Waals surface area contributed by atoms with Gasteiger partial charge in [-0.25, -0.2) is 13.9 Å². The third kappa shape index (κ3) is 3.74. The summed E-state index contributed by atoms with van der Waals surface area (Å²) in [5.41, 5.74) is 4.22. The second-order valence-electron chi connectivity index (χ2n) is 7.65. The number of ether oxygens (including phenoxy) is 2. The molecule has 0 amide bonds. The van der Waals surface area contributed by atoms with Gasteiger partial charge in [0.1, 0.15) is 11.6 Å². The van der Waals surface area contributed by atoms with E-state index in [9.17, 15) is 9.18 Å². The van der Waals surface area contributed by atoms with Crippen LogP contribution in [0.2, 0.25) is 0 Å². The Bertz CT molecular complexity index is 1510. The summed E-state index contributed by atoms with van der Waals surface area (Å²) in [5, 5.41) is 5.13. The van der Waals surface area contributed by atoms with Crippen molar-refractivity contribution < 1.29 is 13.9 Å². The average Bonchev–Trinajstić information content (AvgIpc) is 3.20. The average molecular weight is 444 g/mol. The lowest BCUT2D eigenvalue weighted by molar-refractivity contribution is 0.181. The smallest absolute Gasteiger partial charge is 0.261 e. The molecule has 0 saturated heterocycles. The van der Waals surface area contributed by atoms with Gasteiger partial charge in [-0.2, -0.15) is 5.10 Å². The first-order valence-electron chi connectivity index (χ1n) is 10.4. The quantitative estimate of drug-likeness (QED) is 0.395. The lowest BCUT2D eigenvalue weighted by atomic mass is 10.1. The van der Waals surface area contributed by atoms with Gasteiger partial charge in [0.15, 0.2) is 5.65 Å². The molecule has 0 spiro atoms. The van der Waals surface area contributed by atoms with Gasteiger partial charge in [0, 0.05) is 19.5 Å². The van der Waals surface area contributed by atoms with Crippen molar-refractivity contribution in [3.8, 4) is 16.9 Å². The van der Waals surface area contributed by atoms with Crippen molar-refractivity contribution >= 4 is 16.6 Å². The van der Waals surface area contributed by atoms with Gasteiger partial charge >= 0.3 is 0 Å². The van der Waals surface area contributed by atoms with Crippen LogP contribution in [0.1, 0.15) is 11.3 Å². The molecule has 0 saturated carbocycles. The highest BCUT2D eigenvalue weighted by Gasteiger charge is 2.19. The van der Waals surface area contributed by atoms with Gasteiger partial charge in [-0.1, -0.05) is 24.3 Å². The predicted molar refractivity (Wildman–Crippen MR) is 123 cm³/mol. The summed E-state index contributed by atoms with van der Waals surface area (Å²) in [4.78, 5) is 17.8. The third-order valence-corrected chi connectivity index (χ3v) is 5.58. The molecule has 3 aromatic heterocycles. The Morgan fingerprint density at radius 1 is 1.00 bits per heavy atom. The van der Waals surface area contributed by atoms with Crippen molar-refractivity contribution in [3.05, 3.63) is 94.4 Å². The van der Waals surface area contributed by atoms with Crippen molar-refractivity contribution in [1.29, 1.82) is 0 Å². The van der Waals surface area contributed by atoms with E-state index in [0.29, 0.717) is 28.8 Å². The van der Waals surface area contributed by atoms with Crippen LogP contribution in [-0.4, -0.2) is 33.4 Å². The second kappa shape index (κ2) is 8.48. The molecule has 3 heterocycles. The van der Waals surface area contributed by atoms with Crippen molar-refractivity contribution in [2.24, 2.45) is 0 Å². The Morgan fingerprint density at radius 2 is 1.76 bits per heavy atom. The van der Waals surface area contributed by atoms with Gasteiger partial charge in [-0.3, -0.25) is 4.79 Å². The van der Waals surface area contributed by atoms with Gasteiger partial charge in [-0.05, 0) is 41.5 Å². The molecule has 0 unspecified atom stereocenters. The number of benzene rings is 2. The molecule has 5 rings (SSSR count). The van der Waals surface area contributed by atoms with Crippen LogP contribution in [-0.2, 0) is 17.9 Å². The van der Waals surface area contributed by atoms with Crippen LogP contribution < -0.4 is 10.3 Å². The van der Waals surface area contributed by atoms with Crippen LogP contribution in [0.25, 0.3) is 27.7 Å². The topological polar surface area (TPSA) is 70.7 Å². The van der Waals surface area contributed by atoms with Gasteiger partial charge in [0.2, 0.25) is 0 Å². The number of rotatable bonds is 6. The molecule has 0 aliphatic heterocycles. The van der Waals surface area contributed by atoms with E-state index in [1.54, 1.807) is 47.8 Å². The SMILES string of the molecule is COCc1nn2c(ncc3c(=O)n(Cc4ccc(OC)cc4)ccc32)c1-c1ccc(F)cc1. The Hall–Kier alpha value is -4.04. The highest BCUT2D eigenvalue weighted by atomic mass is 19.1. The van der Waals surface area contributed by atoms with Crippen LogP contribution in [0, 0.1) is 5.82 Å². The van der Waals surface area contributed by atoms with Crippen molar-refractivity contribution in [1.82, 2.24) is 19.2 Å². The summed E-state index contributed by atoms with van der Waals surface area (Å²) in [7, 11) is 3.20. The zero-order chi connectivity index (χ0) is 22.9. The lowest BCUT2D eigenvalue weighted by Gasteiger charge is -2.09. The molecule has 166 valence electrons. The van der Waals surface area contributed by atoms with E-state index in [2.05, 4.69) is 10.1 Å². The maximum Gasteiger partial charge on any atom is 0.261 e. The van der Waals surface area contributed by atoms with Gasteiger partial charge < -0.3 is 14.0 Å². The molecule has 5 aromatic rings. The Labute approximate surface area is 188 Å². The summed E-state index contributed by atoms with van der Waals surface area (Å²) in [6.45, 7) is 0.678. The third-order valence-electron chi connectivity index (χ3n) is 5.58. The van der Waals surface area contributed by atoms with Gasteiger partial charge in [0.25, 0.3) is 5.56 Å². The zero-order valence-electron chi connectivity index (χ0n) is 18.2. The maximum absolute atomic E-state index is 13.5. The number of methoxy groups -OCH3 is 2. The maximum atomic E-state index is 13.5. The summed E-state index contributed by atoms with van der Waals surface area (Å²) in [6.07, 6.45) is 3.33. The molecule has 0 aliphatic carbocycles. The largest absolute Gasteiger partial charge is 0.497 e. The van der Waals surface area contributed by atoms with Crippen molar-refractivity contribution in [2.45, 2.75) is 13.2 Å². The first-order valence-corrected chi connectivity index (χ1v) is 10.4. The Kier molecular flexibility index (Phi) is 5.35. The normalized spacial score (nSPS) is 11.4. The minimum absolute atomic E-state index is 0.162. The number of aromatic nitrogens is 4. The van der Waals surface area contributed by atoms with E-state index >= 15 is 0 Å². The molecular formula is C25H21FN4O3. The molecule has 0 N–H and O–H groups in total. The minimum Gasteiger partial charge on any atom is -0.497 e. The highest BCUT2D eigenvalue weighted by molar-refractivity contribution is 5.86. The molecule has 0 bridgehead atoms. The first kappa shape index (κ1) is 20.8. The monoisotopic (exact) mass is 444 g/mol. The molecule has 33 heavy (non-hydrogen) atoms. The molecule has 0 fully saturated rings. The number of nitrogens with zero attached hydrogens (tertiary/aromatic N) is 4. The van der Waals surface area contributed by atoms with E-state index in [0.717, 1.165) is 22.4 Å². The summed E-state index contributed by atoms with van der Waals surface area (Å²) in [5.74, 6) is 0.443. The van der Waals surface area contributed by atoms with Gasteiger partial charge in [0.05, 0.1) is 42.4 Å². The van der Waals surface area contributed by atoms with Crippen molar-refractivity contribution in [2.75, 3.05) is 14.2 Å². The van der Waals surface area contributed by atoms with Crippen LogP contribution >= 0.6 is 0 Å². The molecule has 0 atom stereocenters. The molecular weight excluding hydrogens is 423 g/mol. The van der Waals surface area contributed by atoms with Crippen LogP contribution in [0.5, 0.6) is 5.75 Å². The Morgan fingerprint density at radius 3 is 2.45 bits per heavy atom. The fraction of sp³-hybridized carbons (Fsp3) is 0.160. The van der Waals surface area contributed by atoms with Gasteiger partial charge in [-0.15, -0.1) is 0 Å². The van der Waals surface area contributed by atoms with E-state index in [4.69, 9.17) is 9.47 Å². The van der Waals surface area contributed by atoms with Crippen LogP contribution in [0.15, 0.2) is 71.8 Å². The van der Waals surface area contributed by atoms with E-state index in [-0.39, 0.29) is 18.0 Å². The first-order chi connectivity index (χ1) is 16.1. The second-order valence-corrected chi connectivity index (χ2v) is 7.65. The molecule has 0 aliphatic rings. The molecule has 2 aromatic carbocycles. The highest BCUT2D eigenvalue weighted by Crippen LogP contribution is 2.29. The molecule has 7 nitrogen and oxygen atoms in total. The standard InChI is InChI=1S/C25H21FN4O3/c1-32-15-21-23(17-5-7-18(26)8-6-17)24-27-13-20-22(30(24)28-21)11-12-29(25(20)31)14-16-3-9-19(33-2)10-4-16/h3-13H,14-15H2,1-2H3. The zero-order valence-corrected chi connectivity index (χ0v) is 18.2. The van der Waals surface area contributed by atoms with Crippen LogP contribution in [0.4, 0.5) is 4.39 Å². The Balaban J connectivity index is 1.63. The summed E-state index contributed by atoms with van der Waals surface area (Å²) >= 11 is 0. The summed E-state index contributed by atoms with van der Waals surface area (Å²) in [6, 6.07) is 15.6. The number of fused-ring (bicyclic) bond motifs is 3. The number of halogens is 1. The number of hydrogen-bond donors (Lipinski definition) is 0. The minimum atomic E-state index is -0.320. The van der Waals surface area contributed by atoms with Crippen molar-refractivity contribution in [3.63, 3.8) is 0 Å². The van der Waals surface area contributed by atoms with E-state index in [1.165, 1.54) is 12.1 Å². The fourth-order valence-corrected chi connectivity index (χ4v) is 3.96. The molecule has 0 radical (unpaired) electrons. The fourth-order valence-electron chi connectivity index (χ4n) is 3.96. The van der Waals surface area contributed by atoms with Crippen LogP contribution in [0.3, 0.4) is 0 Å². The number of hydrogen-bond acceptors (Lipinski definition) is 5. The lowest BCUT2D eigenvalue weighted by Crippen LogP contribution is -2.21.